The van der Waals surface area contributed by atoms with Crippen molar-refractivity contribution in [3.63, 3.8) is 0 Å². The molecule has 1 unspecified atom stereocenters. The summed E-state index contributed by atoms with van der Waals surface area (Å²) in [6.07, 6.45) is 0.969. The van der Waals surface area contributed by atoms with Crippen LogP contribution in [0.3, 0.4) is 0 Å². The SMILES string of the molecule is Cc1noc(C)c1CN1CCCC(F)(C(=O)N2CCOCC2)C1. The van der Waals surface area contributed by atoms with E-state index in [-0.39, 0.29) is 12.5 Å². The molecule has 2 aliphatic rings. The van der Waals surface area contributed by atoms with Crippen molar-refractivity contribution in [2.45, 2.75) is 38.9 Å². The molecule has 2 fully saturated rings. The van der Waals surface area contributed by atoms with Gasteiger partial charge in [0, 0.05) is 31.7 Å². The van der Waals surface area contributed by atoms with Gasteiger partial charge in [-0.1, -0.05) is 5.16 Å². The summed E-state index contributed by atoms with van der Waals surface area (Å²) >= 11 is 0. The van der Waals surface area contributed by atoms with Crippen LogP contribution in [-0.4, -0.2) is 65.9 Å². The second-order valence-electron chi connectivity index (χ2n) is 6.49. The number of nitrogens with zero attached hydrogens (tertiary/aromatic N) is 3. The molecule has 7 heteroatoms. The van der Waals surface area contributed by atoms with Gasteiger partial charge >= 0.3 is 0 Å². The number of ether oxygens (including phenoxy) is 1. The number of alkyl halides is 1. The second-order valence-corrected chi connectivity index (χ2v) is 6.49. The minimum Gasteiger partial charge on any atom is -0.378 e. The Morgan fingerprint density at radius 1 is 1.30 bits per heavy atom. The Morgan fingerprint density at radius 3 is 2.70 bits per heavy atom. The summed E-state index contributed by atoms with van der Waals surface area (Å²) in [6.45, 7) is 7.18. The Bertz CT molecular complexity index is 551. The van der Waals surface area contributed by atoms with E-state index in [0.29, 0.717) is 45.7 Å². The third-order valence-corrected chi connectivity index (χ3v) is 4.77. The summed E-state index contributed by atoms with van der Waals surface area (Å²) in [5.74, 6) is 0.376. The lowest BCUT2D eigenvalue weighted by Crippen LogP contribution is -2.57. The van der Waals surface area contributed by atoms with Gasteiger partial charge in [-0.25, -0.2) is 4.39 Å². The third-order valence-electron chi connectivity index (χ3n) is 4.77. The van der Waals surface area contributed by atoms with Gasteiger partial charge in [0.05, 0.1) is 18.9 Å². The zero-order chi connectivity index (χ0) is 16.4. The number of amides is 1. The summed E-state index contributed by atoms with van der Waals surface area (Å²) in [6, 6.07) is 0. The molecule has 2 saturated heterocycles. The smallest absolute Gasteiger partial charge is 0.261 e. The van der Waals surface area contributed by atoms with Gasteiger partial charge in [-0.2, -0.15) is 0 Å². The largest absolute Gasteiger partial charge is 0.378 e. The second kappa shape index (κ2) is 6.57. The van der Waals surface area contributed by atoms with Crippen molar-refractivity contribution in [1.82, 2.24) is 15.0 Å². The first-order chi connectivity index (χ1) is 11.0. The van der Waals surface area contributed by atoms with E-state index in [0.717, 1.165) is 23.6 Å². The number of likely N-dealkylation sites (tertiary alicyclic amines) is 1. The maximum atomic E-state index is 15.3. The minimum atomic E-state index is -1.80. The zero-order valence-electron chi connectivity index (χ0n) is 13.8. The first-order valence-corrected chi connectivity index (χ1v) is 8.20. The van der Waals surface area contributed by atoms with Crippen molar-refractivity contribution in [2.75, 3.05) is 39.4 Å². The van der Waals surface area contributed by atoms with Crippen LogP contribution >= 0.6 is 0 Å². The Balaban J connectivity index is 1.68. The predicted octanol–water partition coefficient (Wildman–Crippen LogP) is 1.45. The van der Waals surface area contributed by atoms with Crippen LogP contribution in [0.2, 0.25) is 0 Å². The van der Waals surface area contributed by atoms with Crippen molar-refractivity contribution < 1.29 is 18.4 Å². The Labute approximate surface area is 135 Å². The highest BCUT2D eigenvalue weighted by molar-refractivity contribution is 5.85. The molecule has 6 nitrogen and oxygen atoms in total. The van der Waals surface area contributed by atoms with E-state index in [1.54, 1.807) is 4.90 Å². The first-order valence-electron chi connectivity index (χ1n) is 8.20. The minimum absolute atomic E-state index is 0.132. The van der Waals surface area contributed by atoms with Crippen LogP contribution < -0.4 is 0 Å². The molecule has 3 rings (SSSR count). The Hall–Kier alpha value is -1.47. The van der Waals surface area contributed by atoms with Crippen LogP contribution in [-0.2, 0) is 16.1 Å². The van der Waals surface area contributed by atoms with Crippen molar-refractivity contribution in [3.05, 3.63) is 17.0 Å². The summed E-state index contributed by atoms with van der Waals surface area (Å²) in [5.41, 5.74) is 0.0271. The number of halogens is 1. The lowest BCUT2D eigenvalue weighted by atomic mass is 9.92. The van der Waals surface area contributed by atoms with E-state index in [2.05, 4.69) is 5.16 Å². The molecule has 0 N–H and O–H groups in total. The molecule has 0 aromatic carbocycles. The maximum absolute atomic E-state index is 15.3. The number of hydrogen-bond acceptors (Lipinski definition) is 5. The van der Waals surface area contributed by atoms with E-state index in [9.17, 15) is 4.79 Å². The molecular weight excluding hydrogens is 301 g/mol. The quantitative estimate of drug-likeness (QED) is 0.842. The Kier molecular flexibility index (Phi) is 4.68. The van der Waals surface area contributed by atoms with Crippen molar-refractivity contribution in [2.24, 2.45) is 0 Å². The van der Waals surface area contributed by atoms with Gasteiger partial charge in [0.1, 0.15) is 5.76 Å². The average Bonchev–Trinajstić information content (AvgIpc) is 2.87. The number of aryl methyl sites for hydroxylation is 2. The Morgan fingerprint density at radius 2 is 2.04 bits per heavy atom. The number of aromatic nitrogens is 1. The van der Waals surface area contributed by atoms with E-state index in [1.807, 2.05) is 18.7 Å². The van der Waals surface area contributed by atoms with Gasteiger partial charge in [0.15, 0.2) is 0 Å². The molecule has 1 atom stereocenters. The molecule has 2 aliphatic heterocycles. The molecular formula is C16H24FN3O3. The number of piperidine rings is 1. The fourth-order valence-electron chi connectivity index (χ4n) is 3.41. The zero-order valence-corrected chi connectivity index (χ0v) is 13.8. The molecule has 0 saturated carbocycles. The van der Waals surface area contributed by atoms with Crippen LogP contribution in [0.4, 0.5) is 4.39 Å². The van der Waals surface area contributed by atoms with E-state index >= 15 is 4.39 Å². The third kappa shape index (κ3) is 3.40. The molecule has 1 aromatic rings. The van der Waals surface area contributed by atoms with Gasteiger partial charge in [0.25, 0.3) is 5.91 Å². The lowest BCUT2D eigenvalue weighted by molar-refractivity contribution is -0.152. The number of carbonyl (C=O) groups is 1. The number of rotatable bonds is 3. The molecule has 1 amide bonds. The molecule has 1 aromatic heterocycles. The van der Waals surface area contributed by atoms with Crippen LogP contribution in [0.15, 0.2) is 4.52 Å². The predicted molar refractivity (Wildman–Crippen MR) is 81.7 cm³/mol. The summed E-state index contributed by atoms with van der Waals surface area (Å²) < 4.78 is 25.7. The van der Waals surface area contributed by atoms with Crippen LogP contribution in [0.1, 0.15) is 29.9 Å². The lowest BCUT2D eigenvalue weighted by Gasteiger charge is -2.40. The van der Waals surface area contributed by atoms with Crippen molar-refractivity contribution in [1.29, 1.82) is 0 Å². The van der Waals surface area contributed by atoms with Crippen LogP contribution in [0, 0.1) is 13.8 Å². The standard InChI is InChI=1S/C16H24FN3O3/c1-12-14(13(2)23-18-12)10-19-5-3-4-16(17,11-19)15(21)20-6-8-22-9-7-20/h3-11H2,1-2H3. The molecule has 3 heterocycles. The molecule has 23 heavy (non-hydrogen) atoms. The van der Waals surface area contributed by atoms with Crippen molar-refractivity contribution >= 4 is 5.91 Å². The monoisotopic (exact) mass is 325 g/mol. The molecule has 128 valence electrons. The van der Waals surface area contributed by atoms with E-state index < -0.39 is 5.67 Å². The van der Waals surface area contributed by atoms with Crippen LogP contribution in [0.25, 0.3) is 0 Å². The number of morpholine rings is 1. The molecule has 0 spiro atoms. The van der Waals surface area contributed by atoms with Gasteiger partial charge < -0.3 is 14.2 Å². The number of hydrogen-bond donors (Lipinski definition) is 0. The average molecular weight is 325 g/mol. The molecule has 0 bridgehead atoms. The fourth-order valence-corrected chi connectivity index (χ4v) is 3.41. The molecule has 0 aliphatic carbocycles. The summed E-state index contributed by atoms with van der Waals surface area (Å²) in [4.78, 5) is 16.2. The summed E-state index contributed by atoms with van der Waals surface area (Å²) in [5, 5.41) is 3.94. The summed E-state index contributed by atoms with van der Waals surface area (Å²) in [7, 11) is 0. The highest BCUT2D eigenvalue weighted by Gasteiger charge is 2.45. The van der Waals surface area contributed by atoms with Crippen molar-refractivity contribution in [3.8, 4) is 0 Å². The van der Waals surface area contributed by atoms with E-state index in [1.165, 1.54) is 0 Å². The topological polar surface area (TPSA) is 58.8 Å². The first kappa shape index (κ1) is 16.4. The fraction of sp³-hybridized carbons (Fsp3) is 0.750. The normalized spacial score (nSPS) is 26.5. The van der Waals surface area contributed by atoms with Gasteiger partial charge in [-0.15, -0.1) is 0 Å². The highest BCUT2D eigenvalue weighted by Crippen LogP contribution is 2.29. The molecule has 0 radical (unpaired) electrons. The van der Waals surface area contributed by atoms with Gasteiger partial charge in [-0.05, 0) is 33.2 Å². The van der Waals surface area contributed by atoms with E-state index in [4.69, 9.17) is 9.26 Å². The van der Waals surface area contributed by atoms with Gasteiger partial charge in [-0.3, -0.25) is 9.69 Å². The highest BCUT2D eigenvalue weighted by atomic mass is 19.1. The van der Waals surface area contributed by atoms with Crippen LogP contribution in [0.5, 0.6) is 0 Å². The van der Waals surface area contributed by atoms with Gasteiger partial charge in [0.2, 0.25) is 5.67 Å². The number of carbonyl (C=O) groups excluding carboxylic acids is 1. The maximum Gasteiger partial charge on any atom is 0.261 e.